The first-order valence-electron chi connectivity index (χ1n) is 6.33. The van der Waals surface area contributed by atoms with Crippen LogP contribution in [0, 0.1) is 13.8 Å². The summed E-state index contributed by atoms with van der Waals surface area (Å²) in [6, 6.07) is 10.6. The van der Waals surface area contributed by atoms with E-state index in [1.807, 2.05) is 26.0 Å². The summed E-state index contributed by atoms with van der Waals surface area (Å²) in [7, 11) is 0. The number of carbonyl (C=O) groups is 1. The van der Waals surface area contributed by atoms with Crippen LogP contribution in [0.15, 0.2) is 41.5 Å². The maximum atomic E-state index is 12.0. The molecular weight excluding hydrogens is 307 g/mol. The van der Waals surface area contributed by atoms with Crippen LogP contribution < -0.4 is 5.43 Å². The summed E-state index contributed by atoms with van der Waals surface area (Å²) in [4.78, 5) is 12.0. The van der Waals surface area contributed by atoms with Crippen molar-refractivity contribution in [3.8, 4) is 0 Å². The normalized spacial score (nSPS) is 10.9. The van der Waals surface area contributed by atoms with Crippen molar-refractivity contribution in [1.82, 2.24) is 5.43 Å². The Hall–Kier alpha value is -1.84. The predicted octanol–water partition coefficient (Wildman–Crippen LogP) is 4.37. The topological polar surface area (TPSA) is 41.5 Å². The molecule has 2 rings (SSSR count). The molecule has 0 aliphatic carbocycles. The molecule has 0 aliphatic heterocycles. The highest BCUT2D eigenvalue weighted by Crippen LogP contribution is 2.22. The Balaban J connectivity index is 2.10. The second-order valence-corrected chi connectivity index (χ2v) is 5.45. The minimum Gasteiger partial charge on any atom is -0.267 e. The quantitative estimate of drug-likeness (QED) is 0.662. The number of amides is 1. The van der Waals surface area contributed by atoms with E-state index < -0.39 is 0 Å². The van der Waals surface area contributed by atoms with Crippen LogP contribution in [0.2, 0.25) is 10.0 Å². The summed E-state index contributed by atoms with van der Waals surface area (Å²) >= 11 is 12.0. The fraction of sp³-hybridized carbons (Fsp3) is 0.125. The largest absolute Gasteiger partial charge is 0.271 e. The number of hydrazone groups is 1. The van der Waals surface area contributed by atoms with Crippen LogP contribution in [0.5, 0.6) is 0 Å². The van der Waals surface area contributed by atoms with Crippen molar-refractivity contribution in [1.29, 1.82) is 0 Å². The van der Waals surface area contributed by atoms with Gasteiger partial charge in [0.1, 0.15) is 0 Å². The van der Waals surface area contributed by atoms with Crippen molar-refractivity contribution in [2.45, 2.75) is 13.8 Å². The third-order valence-electron chi connectivity index (χ3n) is 3.13. The zero-order chi connectivity index (χ0) is 15.4. The molecular formula is C16H14Cl2N2O. The molecule has 2 aromatic carbocycles. The fourth-order valence-electron chi connectivity index (χ4n) is 1.74. The van der Waals surface area contributed by atoms with Crippen molar-refractivity contribution in [2.24, 2.45) is 5.10 Å². The number of hydrogen-bond acceptors (Lipinski definition) is 2. The Morgan fingerprint density at radius 3 is 2.38 bits per heavy atom. The molecule has 0 bridgehead atoms. The molecule has 5 heteroatoms. The van der Waals surface area contributed by atoms with Crippen molar-refractivity contribution < 1.29 is 4.79 Å². The number of nitrogens with zero attached hydrogens (tertiary/aromatic N) is 1. The molecule has 0 radical (unpaired) electrons. The molecule has 2 aromatic rings. The Bertz CT molecular complexity index is 691. The average Bonchev–Trinajstić information content (AvgIpc) is 2.45. The number of rotatable bonds is 3. The van der Waals surface area contributed by atoms with E-state index in [2.05, 4.69) is 10.5 Å². The molecule has 0 saturated heterocycles. The van der Waals surface area contributed by atoms with Crippen LogP contribution in [0.1, 0.15) is 27.0 Å². The highest BCUT2D eigenvalue weighted by molar-refractivity contribution is 6.38. The van der Waals surface area contributed by atoms with Gasteiger partial charge in [0, 0.05) is 11.1 Å². The molecule has 0 saturated carbocycles. The van der Waals surface area contributed by atoms with E-state index in [1.165, 1.54) is 6.21 Å². The minimum atomic E-state index is -0.280. The molecule has 0 aromatic heterocycles. The number of aryl methyl sites for hydroxylation is 2. The lowest BCUT2D eigenvalue weighted by Gasteiger charge is -2.04. The Morgan fingerprint density at radius 1 is 1.10 bits per heavy atom. The summed E-state index contributed by atoms with van der Waals surface area (Å²) in [5.74, 6) is -0.280. The van der Waals surface area contributed by atoms with Crippen LogP contribution in [0.4, 0.5) is 0 Å². The third-order valence-corrected chi connectivity index (χ3v) is 3.79. The van der Waals surface area contributed by atoms with Crippen LogP contribution in [-0.4, -0.2) is 12.1 Å². The van der Waals surface area contributed by atoms with E-state index >= 15 is 0 Å². The summed E-state index contributed by atoms with van der Waals surface area (Å²) in [6.07, 6.45) is 1.43. The number of benzene rings is 2. The van der Waals surface area contributed by atoms with Gasteiger partial charge in [0.25, 0.3) is 5.91 Å². The molecule has 108 valence electrons. The van der Waals surface area contributed by atoms with Crippen molar-refractivity contribution in [3.05, 3.63) is 68.7 Å². The molecule has 0 fully saturated rings. The molecule has 1 amide bonds. The lowest BCUT2D eigenvalue weighted by Crippen LogP contribution is -2.17. The molecule has 1 N–H and O–H groups in total. The van der Waals surface area contributed by atoms with Gasteiger partial charge in [-0.3, -0.25) is 4.79 Å². The van der Waals surface area contributed by atoms with Crippen molar-refractivity contribution >= 4 is 35.3 Å². The van der Waals surface area contributed by atoms with Crippen LogP contribution in [-0.2, 0) is 0 Å². The minimum absolute atomic E-state index is 0.280. The van der Waals surface area contributed by atoms with E-state index in [-0.39, 0.29) is 5.91 Å². The molecule has 0 spiro atoms. The van der Waals surface area contributed by atoms with Gasteiger partial charge in [-0.25, -0.2) is 5.43 Å². The zero-order valence-electron chi connectivity index (χ0n) is 11.7. The number of hydrogen-bond donors (Lipinski definition) is 1. The van der Waals surface area contributed by atoms with Crippen LogP contribution >= 0.6 is 23.2 Å². The number of carbonyl (C=O) groups excluding carboxylic acids is 1. The summed E-state index contributed by atoms with van der Waals surface area (Å²) < 4.78 is 0. The van der Waals surface area contributed by atoms with Gasteiger partial charge in [-0.1, -0.05) is 35.3 Å². The SMILES string of the molecule is Cc1ccc(C(=O)NN=Cc2c(Cl)cccc2Cl)cc1C. The Kier molecular flexibility index (Phi) is 4.99. The standard InChI is InChI=1S/C16H14Cl2N2O/c1-10-6-7-12(8-11(10)2)16(21)20-19-9-13-14(17)4-3-5-15(13)18/h3-9H,1-2H3,(H,20,21). The molecule has 0 atom stereocenters. The van der Waals surface area contributed by atoms with Gasteiger partial charge >= 0.3 is 0 Å². The van der Waals surface area contributed by atoms with E-state index in [1.54, 1.807) is 24.3 Å². The van der Waals surface area contributed by atoms with Gasteiger partial charge in [-0.05, 0) is 49.2 Å². The van der Waals surface area contributed by atoms with Crippen molar-refractivity contribution in [2.75, 3.05) is 0 Å². The van der Waals surface area contributed by atoms with E-state index in [9.17, 15) is 4.79 Å². The predicted molar refractivity (Wildman–Crippen MR) is 87.4 cm³/mol. The Morgan fingerprint density at radius 2 is 1.76 bits per heavy atom. The summed E-state index contributed by atoms with van der Waals surface area (Å²) in [5.41, 5.74) is 5.78. The van der Waals surface area contributed by atoms with Gasteiger partial charge < -0.3 is 0 Å². The maximum Gasteiger partial charge on any atom is 0.271 e. The third kappa shape index (κ3) is 3.84. The first-order chi connectivity index (χ1) is 9.99. The first kappa shape index (κ1) is 15.5. The van der Waals surface area contributed by atoms with Gasteiger partial charge in [-0.15, -0.1) is 0 Å². The van der Waals surface area contributed by atoms with Gasteiger partial charge in [-0.2, -0.15) is 5.10 Å². The van der Waals surface area contributed by atoms with Gasteiger partial charge in [0.15, 0.2) is 0 Å². The summed E-state index contributed by atoms with van der Waals surface area (Å²) in [6.45, 7) is 3.95. The molecule has 0 aliphatic rings. The number of nitrogens with one attached hydrogen (secondary N) is 1. The highest BCUT2D eigenvalue weighted by atomic mass is 35.5. The number of halogens is 2. The maximum absolute atomic E-state index is 12.0. The highest BCUT2D eigenvalue weighted by Gasteiger charge is 2.06. The first-order valence-corrected chi connectivity index (χ1v) is 7.09. The van der Waals surface area contributed by atoms with E-state index in [0.29, 0.717) is 21.2 Å². The second kappa shape index (κ2) is 6.74. The van der Waals surface area contributed by atoms with E-state index in [4.69, 9.17) is 23.2 Å². The molecule has 0 unspecified atom stereocenters. The van der Waals surface area contributed by atoms with Gasteiger partial charge in [0.05, 0.1) is 16.3 Å². The van der Waals surface area contributed by atoms with Gasteiger partial charge in [0.2, 0.25) is 0 Å². The van der Waals surface area contributed by atoms with Crippen LogP contribution in [0.3, 0.4) is 0 Å². The summed E-state index contributed by atoms with van der Waals surface area (Å²) in [5, 5.41) is 4.86. The average molecular weight is 321 g/mol. The Labute approximate surface area is 133 Å². The van der Waals surface area contributed by atoms with Crippen LogP contribution in [0.25, 0.3) is 0 Å². The van der Waals surface area contributed by atoms with Crippen molar-refractivity contribution in [3.63, 3.8) is 0 Å². The lowest BCUT2D eigenvalue weighted by molar-refractivity contribution is 0.0955. The fourth-order valence-corrected chi connectivity index (χ4v) is 2.23. The molecule has 21 heavy (non-hydrogen) atoms. The monoisotopic (exact) mass is 320 g/mol. The molecule has 3 nitrogen and oxygen atoms in total. The zero-order valence-corrected chi connectivity index (χ0v) is 13.2. The lowest BCUT2D eigenvalue weighted by atomic mass is 10.1. The van der Waals surface area contributed by atoms with E-state index in [0.717, 1.165) is 11.1 Å². The second-order valence-electron chi connectivity index (χ2n) is 4.63. The molecule has 0 heterocycles. The smallest absolute Gasteiger partial charge is 0.267 e.